The van der Waals surface area contributed by atoms with Crippen molar-refractivity contribution in [2.24, 2.45) is 0 Å². The van der Waals surface area contributed by atoms with Gasteiger partial charge in [0.15, 0.2) is 0 Å². The fourth-order valence-electron chi connectivity index (χ4n) is 2.57. The van der Waals surface area contributed by atoms with Crippen molar-refractivity contribution in [3.63, 3.8) is 0 Å². The van der Waals surface area contributed by atoms with E-state index in [1.165, 1.54) is 35.9 Å². The Balaban J connectivity index is 2.14. The molecule has 25 heavy (non-hydrogen) atoms. The van der Waals surface area contributed by atoms with Crippen LogP contribution in [0, 0.1) is 6.92 Å². The molecule has 6 nitrogen and oxygen atoms in total. The number of hydrogen-bond donors (Lipinski definition) is 2. The summed E-state index contributed by atoms with van der Waals surface area (Å²) in [6, 6.07) is 5.47. The van der Waals surface area contributed by atoms with Crippen molar-refractivity contribution in [3.8, 4) is 5.69 Å². The molecule has 132 valence electrons. The molecule has 2 N–H and O–H groups in total. The van der Waals surface area contributed by atoms with E-state index < -0.39 is 23.3 Å². The smallest absolute Gasteiger partial charge is 0.404 e. The van der Waals surface area contributed by atoms with E-state index in [2.05, 4.69) is 10.4 Å². The largest absolute Gasteiger partial charge is 0.478 e. The number of carboxylic acid groups (broad SMARTS) is 1. The Hall–Kier alpha value is -2.49. The third-order valence-corrected chi connectivity index (χ3v) is 4.93. The molecule has 3 rings (SSSR count). The van der Waals surface area contributed by atoms with Crippen LogP contribution in [0.3, 0.4) is 0 Å². The number of fused-ring (bicyclic) bond motifs is 1. The predicted molar refractivity (Wildman–Crippen MR) is 85.1 cm³/mol. The number of carbonyl (C=O) groups excluding carboxylic acids is 1. The van der Waals surface area contributed by atoms with Gasteiger partial charge in [-0.2, -0.15) is 18.3 Å². The van der Waals surface area contributed by atoms with E-state index in [1.807, 2.05) is 0 Å². The minimum Gasteiger partial charge on any atom is -0.478 e. The first-order chi connectivity index (χ1) is 11.7. The van der Waals surface area contributed by atoms with Crippen molar-refractivity contribution >= 4 is 29.5 Å². The molecule has 1 aromatic heterocycles. The Morgan fingerprint density at radius 2 is 2.00 bits per heavy atom. The van der Waals surface area contributed by atoms with E-state index in [-0.39, 0.29) is 28.4 Å². The minimum absolute atomic E-state index is 0.0338. The quantitative estimate of drug-likeness (QED) is 0.847. The number of aromatic nitrogens is 2. The van der Waals surface area contributed by atoms with Crippen molar-refractivity contribution in [1.29, 1.82) is 0 Å². The van der Waals surface area contributed by atoms with Gasteiger partial charge in [-0.25, -0.2) is 9.48 Å². The number of halogens is 3. The van der Waals surface area contributed by atoms with Gasteiger partial charge in [0.2, 0.25) is 5.91 Å². The molecule has 1 aromatic carbocycles. The molecular formula is C15H12F3N3O3S. The van der Waals surface area contributed by atoms with Gasteiger partial charge < -0.3 is 10.4 Å². The highest BCUT2D eigenvalue weighted by atomic mass is 32.2. The number of alkyl halides is 3. The topological polar surface area (TPSA) is 84.2 Å². The number of aromatic carboxylic acids is 1. The van der Waals surface area contributed by atoms with E-state index in [0.29, 0.717) is 17.4 Å². The number of rotatable bonds is 2. The maximum atomic E-state index is 13.4. The summed E-state index contributed by atoms with van der Waals surface area (Å²) < 4.78 is 41.4. The number of aryl methyl sites for hydroxylation is 1. The Kier molecular flexibility index (Phi) is 4.23. The lowest BCUT2D eigenvalue weighted by molar-refractivity contribution is -0.129. The molecule has 1 aliphatic heterocycles. The molecule has 0 aliphatic carbocycles. The standard InChI is InChI=1S/C15H12F3N3O3S/c1-7-11-12(15(16,17)18)25-6-10(22)19-13(11)21(20-7)9-4-2-8(3-5-9)14(23)24/h2-5,12H,6H2,1H3,(H,19,22)(H,23,24)/t12-/m1/s1. The number of thioether (sulfide) groups is 1. The fourth-order valence-corrected chi connectivity index (χ4v) is 3.60. The third kappa shape index (κ3) is 3.21. The molecule has 1 amide bonds. The van der Waals surface area contributed by atoms with Crippen molar-refractivity contribution in [3.05, 3.63) is 41.1 Å². The van der Waals surface area contributed by atoms with E-state index in [0.717, 1.165) is 0 Å². The number of hydrogen-bond acceptors (Lipinski definition) is 4. The van der Waals surface area contributed by atoms with Gasteiger partial charge in [0.25, 0.3) is 0 Å². The molecule has 0 saturated heterocycles. The highest BCUT2D eigenvalue weighted by Crippen LogP contribution is 2.48. The lowest BCUT2D eigenvalue weighted by Gasteiger charge is -2.18. The Labute approximate surface area is 144 Å². The first kappa shape index (κ1) is 17.3. The number of amides is 1. The van der Waals surface area contributed by atoms with Gasteiger partial charge >= 0.3 is 12.1 Å². The predicted octanol–water partition coefficient (Wildman–Crippen LogP) is 3.17. The van der Waals surface area contributed by atoms with Gasteiger partial charge in [0.1, 0.15) is 11.1 Å². The Bertz CT molecular complexity index is 846. The van der Waals surface area contributed by atoms with Crippen LogP contribution in [0.4, 0.5) is 19.0 Å². The molecule has 1 aliphatic rings. The lowest BCUT2D eigenvalue weighted by atomic mass is 10.1. The average molecular weight is 371 g/mol. The summed E-state index contributed by atoms with van der Waals surface area (Å²) in [4.78, 5) is 22.8. The zero-order valence-corrected chi connectivity index (χ0v) is 13.6. The van der Waals surface area contributed by atoms with E-state index in [1.54, 1.807) is 0 Å². The van der Waals surface area contributed by atoms with Crippen LogP contribution < -0.4 is 5.32 Å². The SMILES string of the molecule is Cc1nn(-c2ccc(C(=O)O)cc2)c2c1[C@H](C(F)(F)F)SCC(=O)N2. The van der Waals surface area contributed by atoms with E-state index in [4.69, 9.17) is 5.11 Å². The summed E-state index contributed by atoms with van der Waals surface area (Å²) in [6.45, 7) is 1.44. The van der Waals surface area contributed by atoms with Crippen molar-refractivity contribution in [2.45, 2.75) is 18.3 Å². The summed E-state index contributed by atoms with van der Waals surface area (Å²) in [5, 5.41) is 13.7. The van der Waals surface area contributed by atoms with Gasteiger partial charge in [0, 0.05) is 5.56 Å². The van der Waals surface area contributed by atoms with Crippen LogP contribution in [0.2, 0.25) is 0 Å². The summed E-state index contributed by atoms with van der Waals surface area (Å²) in [5.74, 6) is -2.04. The average Bonchev–Trinajstić information content (AvgIpc) is 2.72. The molecule has 0 unspecified atom stereocenters. The third-order valence-electron chi connectivity index (χ3n) is 3.66. The number of nitrogens with one attached hydrogen (secondary N) is 1. The van der Waals surface area contributed by atoms with Crippen LogP contribution in [0.15, 0.2) is 24.3 Å². The number of nitrogens with zero attached hydrogens (tertiary/aromatic N) is 2. The van der Waals surface area contributed by atoms with E-state index in [9.17, 15) is 22.8 Å². The lowest BCUT2D eigenvalue weighted by Crippen LogP contribution is -2.18. The van der Waals surface area contributed by atoms with Crippen LogP contribution in [0.5, 0.6) is 0 Å². The first-order valence-electron chi connectivity index (χ1n) is 7.10. The molecule has 0 fully saturated rings. The summed E-state index contributed by atoms with van der Waals surface area (Å²) in [5.41, 5.74) is 0.439. The normalized spacial score (nSPS) is 17.6. The molecular weight excluding hydrogens is 359 g/mol. The van der Waals surface area contributed by atoms with Crippen molar-refractivity contribution < 1.29 is 27.9 Å². The molecule has 0 spiro atoms. The summed E-state index contributed by atoms with van der Waals surface area (Å²) >= 11 is 0.503. The van der Waals surface area contributed by atoms with Crippen molar-refractivity contribution in [1.82, 2.24) is 9.78 Å². The maximum Gasteiger partial charge on any atom is 0.404 e. The molecule has 2 aromatic rings. The molecule has 0 saturated carbocycles. The van der Waals surface area contributed by atoms with Gasteiger partial charge in [-0.3, -0.25) is 4.79 Å². The Morgan fingerprint density at radius 3 is 2.56 bits per heavy atom. The molecule has 10 heteroatoms. The second-order valence-electron chi connectivity index (χ2n) is 5.39. The molecule has 1 atom stereocenters. The highest BCUT2D eigenvalue weighted by Gasteiger charge is 2.46. The van der Waals surface area contributed by atoms with Crippen LogP contribution >= 0.6 is 11.8 Å². The number of anilines is 1. The Morgan fingerprint density at radius 1 is 1.36 bits per heavy atom. The molecule has 0 radical (unpaired) electrons. The zero-order chi connectivity index (χ0) is 18.4. The zero-order valence-electron chi connectivity index (χ0n) is 12.8. The highest BCUT2D eigenvalue weighted by molar-refractivity contribution is 8.00. The van der Waals surface area contributed by atoms with Crippen molar-refractivity contribution in [2.75, 3.05) is 11.1 Å². The molecule has 2 heterocycles. The van der Waals surface area contributed by atoms with Crippen LogP contribution in [-0.2, 0) is 4.79 Å². The second-order valence-corrected chi connectivity index (χ2v) is 6.49. The molecule has 0 bridgehead atoms. The number of carboxylic acids is 1. The van der Waals surface area contributed by atoms with Crippen LogP contribution in [0.25, 0.3) is 5.69 Å². The van der Waals surface area contributed by atoms with Gasteiger partial charge in [-0.15, -0.1) is 11.8 Å². The first-order valence-corrected chi connectivity index (χ1v) is 8.15. The number of carbonyl (C=O) groups is 2. The minimum atomic E-state index is -4.53. The maximum absolute atomic E-state index is 13.4. The number of benzene rings is 1. The monoisotopic (exact) mass is 371 g/mol. The summed E-state index contributed by atoms with van der Waals surface area (Å²) in [7, 11) is 0. The van der Waals surface area contributed by atoms with Gasteiger partial charge in [0.05, 0.1) is 22.7 Å². The summed E-state index contributed by atoms with van der Waals surface area (Å²) in [6.07, 6.45) is -4.53. The van der Waals surface area contributed by atoms with Gasteiger partial charge in [-0.05, 0) is 31.2 Å². The van der Waals surface area contributed by atoms with Gasteiger partial charge in [-0.1, -0.05) is 0 Å². The fraction of sp³-hybridized carbons (Fsp3) is 0.267. The second kappa shape index (κ2) is 6.10. The van der Waals surface area contributed by atoms with Crippen LogP contribution in [-0.4, -0.2) is 38.7 Å². The van der Waals surface area contributed by atoms with Crippen LogP contribution in [0.1, 0.15) is 26.9 Å². The van der Waals surface area contributed by atoms with E-state index >= 15 is 0 Å².